The molecule has 0 aliphatic carbocycles. The minimum atomic E-state index is -0.984. The van der Waals surface area contributed by atoms with E-state index in [0.717, 1.165) is 6.07 Å². The Morgan fingerprint density at radius 1 is 1.38 bits per heavy atom. The Hall–Kier alpha value is -1.56. The predicted molar refractivity (Wildman–Crippen MR) is 57.4 cm³/mol. The number of aromatic nitrogens is 2. The summed E-state index contributed by atoms with van der Waals surface area (Å²) < 4.78 is 30.8. The lowest BCUT2D eigenvalue weighted by atomic mass is 10.2. The molecule has 0 aliphatic rings. The molecule has 0 spiro atoms. The van der Waals surface area contributed by atoms with E-state index in [2.05, 4.69) is 32.6 Å². The van der Waals surface area contributed by atoms with Gasteiger partial charge in [0.1, 0.15) is 0 Å². The van der Waals surface area contributed by atoms with Gasteiger partial charge in [-0.2, -0.15) is 4.98 Å². The van der Waals surface area contributed by atoms with Crippen LogP contribution in [-0.2, 0) is 0 Å². The molecule has 0 radical (unpaired) electrons. The van der Waals surface area contributed by atoms with Gasteiger partial charge in [0.25, 0.3) is 0 Å². The molecule has 0 fully saturated rings. The number of rotatable bonds is 2. The van der Waals surface area contributed by atoms with Gasteiger partial charge in [0.15, 0.2) is 11.6 Å². The molecule has 1 aromatic heterocycles. The van der Waals surface area contributed by atoms with Crippen LogP contribution in [0.3, 0.4) is 0 Å². The van der Waals surface area contributed by atoms with Crippen LogP contribution in [0, 0.1) is 11.6 Å². The second kappa shape index (κ2) is 4.13. The summed E-state index contributed by atoms with van der Waals surface area (Å²) in [5.74, 6) is -1.54. The maximum Gasteiger partial charge on any atom is 0.250 e. The van der Waals surface area contributed by atoms with E-state index in [4.69, 9.17) is 4.52 Å². The molecular weight excluding hydrogens is 282 g/mol. The number of hydrogen-bond acceptors (Lipinski definition) is 3. The summed E-state index contributed by atoms with van der Waals surface area (Å²) in [7, 11) is 0. The van der Waals surface area contributed by atoms with Crippen molar-refractivity contribution >= 4 is 22.0 Å². The van der Waals surface area contributed by atoms with Crippen LogP contribution in [0.4, 0.5) is 8.78 Å². The van der Waals surface area contributed by atoms with E-state index in [9.17, 15) is 8.78 Å². The molecule has 0 bridgehead atoms. The van der Waals surface area contributed by atoms with Crippen LogP contribution in [-0.4, -0.2) is 10.1 Å². The summed E-state index contributed by atoms with van der Waals surface area (Å²) in [6.45, 7) is 3.45. The molecule has 0 N–H and O–H groups in total. The minimum Gasteiger partial charge on any atom is -0.334 e. The molecule has 0 amide bonds. The van der Waals surface area contributed by atoms with Crippen molar-refractivity contribution in [2.75, 3.05) is 0 Å². The first kappa shape index (κ1) is 10.9. The summed E-state index contributed by atoms with van der Waals surface area (Å²) in [5.41, 5.74) is 0.316. The largest absolute Gasteiger partial charge is 0.334 e. The van der Waals surface area contributed by atoms with Crippen LogP contribution < -0.4 is 0 Å². The predicted octanol–water partition coefficient (Wildman–Crippen LogP) is 3.42. The Morgan fingerprint density at radius 2 is 2.12 bits per heavy atom. The molecule has 0 saturated carbocycles. The molecule has 0 aliphatic heterocycles. The number of nitrogens with zero attached hydrogens (tertiary/aromatic N) is 2. The third kappa shape index (κ3) is 1.76. The SMILES string of the molecule is C=Cc1nc(-c2ccc(F)c(F)c2Br)no1. The second-order valence-electron chi connectivity index (χ2n) is 2.88. The fraction of sp³-hybridized carbons (Fsp3) is 0. The molecule has 0 atom stereocenters. The van der Waals surface area contributed by atoms with Crippen molar-refractivity contribution < 1.29 is 13.3 Å². The molecule has 6 heteroatoms. The first-order valence-corrected chi connectivity index (χ1v) is 5.03. The molecule has 2 rings (SSSR count). The van der Waals surface area contributed by atoms with Crippen molar-refractivity contribution in [2.24, 2.45) is 0 Å². The van der Waals surface area contributed by atoms with Gasteiger partial charge >= 0.3 is 0 Å². The Morgan fingerprint density at radius 3 is 2.75 bits per heavy atom. The van der Waals surface area contributed by atoms with Crippen molar-refractivity contribution in [3.8, 4) is 11.4 Å². The van der Waals surface area contributed by atoms with Crippen LogP contribution in [0.2, 0.25) is 0 Å². The fourth-order valence-corrected chi connectivity index (χ4v) is 1.62. The van der Waals surface area contributed by atoms with Crippen LogP contribution in [0.5, 0.6) is 0 Å². The zero-order valence-electron chi connectivity index (χ0n) is 7.88. The summed E-state index contributed by atoms with van der Waals surface area (Å²) in [4.78, 5) is 3.92. The van der Waals surface area contributed by atoms with Gasteiger partial charge < -0.3 is 4.52 Å². The fourth-order valence-electron chi connectivity index (χ4n) is 1.13. The molecule has 0 unspecified atom stereocenters. The standard InChI is InChI=1S/C10H5BrF2N2O/c1-2-7-14-10(15-16-7)5-3-4-6(12)9(13)8(5)11/h2-4H,1H2. The van der Waals surface area contributed by atoms with Crippen molar-refractivity contribution in [3.63, 3.8) is 0 Å². The van der Waals surface area contributed by atoms with E-state index >= 15 is 0 Å². The van der Waals surface area contributed by atoms with Crippen molar-refractivity contribution in [2.45, 2.75) is 0 Å². The van der Waals surface area contributed by atoms with Gasteiger partial charge in [-0.05, 0) is 34.1 Å². The van der Waals surface area contributed by atoms with E-state index in [1.807, 2.05) is 0 Å². The van der Waals surface area contributed by atoms with E-state index in [1.165, 1.54) is 12.1 Å². The maximum absolute atomic E-state index is 13.2. The minimum absolute atomic E-state index is 0.0380. The lowest BCUT2D eigenvalue weighted by molar-refractivity contribution is 0.411. The van der Waals surface area contributed by atoms with Crippen molar-refractivity contribution in [3.05, 3.63) is 40.7 Å². The van der Waals surface area contributed by atoms with Crippen LogP contribution in [0.15, 0.2) is 27.7 Å². The van der Waals surface area contributed by atoms with Gasteiger partial charge in [-0.25, -0.2) is 8.78 Å². The highest BCUT2D eigenvalue weighted by Crippen LogP contribution is 2.29. The highest BCUT2D eigenvalue weighted by Gasteiger charge is 2.16. The van der Waals surface area contributed by atoms with Crippen LogP contribution >= 0.6 is 15.9 Å². The zero-order chi connectivity index (χ0) is 11.7. The number of halogens is 3. The summed E-state index contributed by atoms with van der Waals surface area (Å²) in [6.07, 6.45) is 1.37. The summed E-state index contributed by atoms with van der Waals surface area (Å²) in [5, 5.41) is 3.61. The zero-order valence-corrected chi connectivity index (χ0v) is 9.46. The molecule has 2 aromatic rings. The number of benzene rings is 1. The second-order valence-corrected chi connectivity index (χ2v) is 3.68. The van der Waals surface area contributed by atoms with Crippen molar-refractivity contribution in [1.82, 2.24) is 10.1 Å². The third-order valence-corrected chi connectivity index (χ3v) is 2.67. The Balaban J connectivity index is 2.56. The lowest BCUT2D eigenvalue weighted by Crippen LogP contribution is -1.90. The van der Waals surface area contributed by atoms with Crippen molar-refractivity contribution in [1.29, 1.82) is 0 Å². The van der Waals surface area contributed by atoms with Gasteiger partial charge in [0, 0.05) is 5.56 Å². The van der Waals surface area contributed by atoms with Gasteiger partial charge in [-0.15, -0.1) is 0 Å². The third-order valence-electron chi connectivity index (χ3n) is 1.89. The average Bonchev–Trinajstić information content (AvgIpc) is 2.74. The Bertz CT molecular complexity index is 554. The molecule has 82 valence electrons. The van der Waals surface area contributed by atoms with E-state index in [-0.39, 0.29) is 16.2 Å². The normalized spacial score (nSPS) is 10.4. The Kier molecular flexibility index (Phi) is 2.82. The molecule has 16 heavy (non-hydrogen) atoms. The molecule has 1 heterocycles. The molecule has 3 nitrogen and oxygen atoms in total. The van der Waals surface area contributed by atoms with Gasteiger partial charge in [-0.3, -0.25) is 0 Å². The van der Waals surface area contributed by atoms with Crippen LogP contribution in [0.1, 0.15) is 5.89 Å². The van der Waals surface area contributed by atoms with Gasteiger partial charge in [-0.1, -0.05) is 11.7 Å². The van der Waals surface area contributed by atoms with E-state index in [1.54, 1.807) is 0 Å². The first-order valence-electron chi connectivity index (χ1n) is 4.23. The molecular formula is C10H5BrF2N2O. The van der Waals surface area contributed by atoms with E-state index in [0.29, 0.717) is 5.56 Å². The molecule has 1 aromatic carbocycles. The highest BCUT2D eigenvalue weighted by atomic mass is 79.9. The number of hydrogen-bond donors (Lipinski definition) is 0. The molecule has 0 saturated heterocycles. The summed E-state index contributed by atoms with van der Waals surface area (Å²) in [6, 6.07) is 2.36. The quantitative estimate of drug-likeness (QED) is 0.794. The lowest BCUT2D eigenvalue weighted by Gasteiger charge is -2.00. The van der Waals surface area contributed by atoms with E-state index < -0.39 is 11.6 Å². The van der Waals surface area contributed by atoms with Gasteiger partial charge in [0.05, 0.1) is 4.47 Å². The Labute approximate surface area is 97.9 Å². The maximum atomic E-state index is 13.2. The monoisotopic (exact) mass is 286 g/mol. The van der Waals surface area contributed by atoms with Crippen LogP contribution in [0.25, 0.3) is 17.5 Å². The first-order chi connectivity index (χ1) is 7.63. The highest BCUT2D eigenvalue weighted by molar-refractivity contribution is 9.10. The average molecular weight is 287 g/mol. The topological polar surface area (TPSA) is 38.9 Å². The summed E-state index contributed by atoms with van der Waals surface area (Å²) >= 11 is 2.94. The van der Waals surface area contributed by atoms with Gasteiger partial charge in [0.2, 0.25) is 11.7 Å². The smallest absolute Gasteiger partial charge is 0.250 e.